The molecule has 0 N–H and O–H groups in total. The summed E-state index contributed by atoms with van der Waals surface area (Å²) in [5.74, 6) is 0.118. The van der Waals surface area contributed by atoms with Gasteiger partial charge >= 0.3 is 0 Å². The third-order valence-electron chi connectivity index (χ3n) is 3.32. The average molecular weight is 237 g/mol. The Labute approximate surface area is 101 Å². The Hall–Kier alpha value is -1.20. The van der Waals surface area contributed by atoms with E-state index < -0.39 is 5.54 Å². The second-order valence-electron chi connectivity index (χ2n) is 4.89. The SMILES string of the molecule is Cn1cc(C(=O)C(C)(C)N2CCOCC2)cn1. The molecule has 1 aromatic rings. The number of aryl methyl sites for hydroxylation is 1. The molecule has 1 aliphatic rings. The minimum atomic E-state index is -0.493. The molecule has 0 atom stereocenters. The zero-order valence-corrected chi connectivity index (χ0v) is 10.6. The van der Waals surface area contributed by atoms with Crippen molar-refractivity contribution in [1.82, 2.24) is 14.7 Å². The van der Waals surface area contributed by atoms with Gasteiger partial charge in [-0.25, -0.2) is 0 Å². The molecule has 2 rings (SSSR count). The van der Waals surface area contributed by atoms with Gasteiger partial charge in [0.25, 0.3) is 0 Å². The summed E-state index contributed by atoms with van der Waals surface area (Å²) < 4.78 is 6.97. The number of ether oxygens (including phenoxy) is 1. The van der Waals surface area contributed by atoms with Crippen molar-refractivity contribution in [3.8, 4) is 0 Å². The molecule has 0 unspecified atom stereocenters. The molecule has 0 aromatic carbocycles. The lowest BCUT2D eigenvalue weighted by atomic mass is 9.92. The maximum atomic E-state index is 12.4. The highest BCUT2D eigenvalue weighted by Crippen LogP contribution is 2.21. The Morgan fingerprint density at radius 3 is 2.59 bits per heavy atom. The van der Waals surface area contributed by atoms with Crippen LogP contribution in [0.25, 0.3) is 0 Å². The summed E-state index contributed by atoms with van der Waals surface area (Å²) in [6, 6.07) is 0. The van der Waals surface area contributed by atoms with E-state index in [0.29, 0.717) is 18.8 Å². The number of hydrogen-bond acceptors (Lipinski definition) is 4. The third-order valence-corrected chi connectivity index (χ3v) is 3.32. The quantitative estimate of drug-likeness (QED) is 0.727. The first kappa shape index (κ1) is 12.3. The van der Waals surface area contributed by atoms with E-state index >= 15 is 0 Å². The highest BCUT2D eigenvalue weighted by Gasteiger charge is 2.36. The Balaban J connectivity index is 2.16. The molecule has 0 aliphatic carbocycles. The molecule has 0 bridgehead atoms. The van der Waals surface area contributed by atoms with Gasteiger partial charge < -0.3 is 4.74 Å². The molecule has 0 saturated carbocycles. The van der Waals surface area contributed by atoms with Crippen LogP contribution in [0.1, 0.15) is 24.2 Å². The van der Waals surface area contributed by atoms with Crippen LogP contribution >= 0.6 is 0 Å². The van der Waals surface area contributed by atoms with Crippen LogP contribution in [0.2, 0.25) is 0 Å². The number of aromatic nitrogens is 2. The lowest BCUT2D eigenvalue weighted by Crippen LogP contribution is -2.54. The molecule has 1 fully saturated rings. The summed E-state index contributed by atoms with van der Waals surface area (Å²) in [6.45, 7) is 6.94. The van der Waals surface area contributed by atoms with Crippen molar-refractivity contribution < 1.29 is 9.53 Å². The molecule has 0 spiro atoms. The first-order valence-corrected chi connectivity index (χ1v) is 5.88. The maximum Gasteiger partial charge on any atom is 0.185 e. The van der Waals surface area contributed by atoms with Gasteiger partial charge in [0.1, 0.15) is 0 Å². The van der Waals surface area contributed by atoms with E-state index in [9.17, 15) is 4.79 Å². The van der Waals surface area contributed by atoms with Crippen LogP contribution in [0, 0.1) is 0 Å². The van der Waals surface area contributed by atoms with Crippen molar-refractivity contribution in [3.63, 3.8) is 0 Å². The Bertz CT molecular complexity index is 406. The van der Waals surface area contributed by atoms with Gasteiger partial charge in [0.2, 0.25) is 0 Å². The zero-order valence-electron chi connectivity index (χ0n) is 10.6. The fourth-order valence-electron chi connectivity index (χ4n) is 2.16. The standard InChI is InChI=1S/C12H19N3O2/c1-12(2,15-4-6-17-7-5-15)11(16)10-8-13-14(3)9-10/h8-9H,4-7H2,1-3H3. The van der Waals surface area contributed by atoms with Crippen LogP contribution in [-0.2, 0) is 11.8 Å². The summed E-state index contributed by atoms with van der Waals surface area (Å²) >= 11 is 0. The normalized spacial score (nSPS) is 18.3. The smallest absolute Gasteiger partial charge is 0.185 e. The van der Waals surface area contributed by atoms with Crippen molar-refractivity contribution in [3.05, 3.63) is 18.0 Å². The lowest BCUT2D eigenvalue weighted by molar-refractivity contribution is -0.00430. The highest BCUT2D eigenvalue weighted by atomic mass is 16.5. The Morgan fingerprint density at radius 2 is 2.06 bits per heavy atom. The van der Waals surface area contributed by atoms with Crippen LogP contribution < -0.4 is 0 Å². The van der Waals surface area contributed by atoms with E-state index in [2.05, 4.69) is 10.00 Å². The van der Waals surface area contributed by atoms with Crippen molar-refractivity contribution in [1.29, 1.82) is 0 Å². The van der Waals surface area contributed by atoms with Crippen LogP contribution in [0.5, 0.6) is 0 Å². The van der Waals surface area contributed by atoms with Gasteiger partial charge in [-0.05, 0) is 13.8 Å². The summed E-state index contributed by atoms with van der Waals surface area (Å²) in [5.41, 5.74) is 0.177. The molecule has 17 heavy (non-hydrogen) atoms. The number of nitrogens with zero attached hydrogens (tertiary/aromatic N) is 3. The van der Waals surface area contributed by atoms with Gasteiger partial charge in [-0.1, -0.05) is 0 Å². The van der Waals surface area contributed by atoms with Crippen LogP contribution in [-0.4, -0.2) is 52.3 Å². The highest BCUT2D eigenvalue weighted by molar-refractivity contribution is 6.02. The number of carbonyl (C=O) groups is 1. The van der Waals surface area contributed by atoms with E-state index in [1.54, 1.807) is 17.1 Å². The van der Waals surface area contributed by atoms with Crippen LogP contribution in [0.15, 0.2) is 12.4 Å². The van der Waals surface area contributed by atoms with Gasteiger partial charge in [0.15, 0.2) is 5.78 Å². The number of Topliss-reactive ketones (excluding diaryl/α,β-unsaturated/α-hetero) is 1. The molecule has 94 valence electrons. The third kappa shape index (κ3) is 2.40. The van der Waals surface area contributed by atoms with E-state index in [0.717, 1.165) is 13.1 Å². The fourth-order valence-corrected chi connectivity index (χ4v) is 2.16. The second-order valence-corrected chi connectivity index (χ2v) is 4.89. The summed E-state index contributed by atoms with van der Waals surface area (Å²) in [7, 11) is 1.82. The molecule has 0 amide bonds. The van der Waals surface area contributed by atoms with Gasteiger partial charge in [-0.2, -0.15) is 5.10 Å². The molecular formula is C12H19N3O2. The van der Waals surface area contributed by atoms with Crippen molar-refractivity contribution in [2.75, 3.05) is 26.3 Å². The number of morpholine rings is 1. The molecule has 0 radical (unpaired) electrons. The molecule has 1 saturated heterocycles. The van der Waals surface area contributed by atoms with E-state index in [1.807, 2.05) is 20.9 Å². The van der Waals surface area contributed by atoms with E-state index in [-0.39, 0.29) is 5.78 Å². The average Bonchev–Trinajstić information content (AvgIpc) is 2.76. The lowest BCUT2D eigenvalue weighted by Gasteiger charge is -2.39. The topological polar surface area (TPSA) is 47.4 Å². The molecule has 5 heteroatoms. The zero-order chi connectivity index (χ0) is 12.5. The monoisotopic (exact) mass is 237 g/mol. The number of ketones is 1. The van der Waals surface area contributed by atoms with E-state index in [1.165, 1.54) is 0 Å². The first-order chi connectivity index (χ1) is 8.01. The number of hydrogen-bond donors (Lipinski definition) is 0. The molecular weight excluding hydrogens is 218 g/mol. The Morgan fingerprint density at radius 1 is 1.41 bits per heavy atom. The van der Waals surface area contributed by atoms with E-state index in [4.69, 9.17) is 4.74 Å². The van der Waals surface area contributed by atoms with Gasteiger partial charge in [0.05, 0.1) is 30.5 Å². The Kier molecular flexibility index (Phi) is 3.31. The molecule has 1 aromatic heterocycles. The first-order valence-electron chi connectivity index (χ1n) is 5.88. The number of rotatable bonds is 3. The predicted octanol–water partition coefficient (Wildman–Crippen LogP) is 0.714. The molecule has 5 nitrogen and oxygen atoms in total. The maximum absolute atomic E-state index is 12.4. The molecule has 1 aliphatic heterocycles. The van der Waals surface area contributed by atoms with Crippen LogP contribution in [0.4, 0.5) is 0 Å². The van der Waals surface area contributed by atoms with Gasteiger partial charge in [-0.15, -0.1) is 0 Å². The largest absolute Gasteiger partial charge is 0.379 e. The minimum Gasteiger partial charge on any atom is -0.379 e. The summed E-state index contributed by atoms with van der Waals surface area (Å²) in [6.07, 6.45) is 3.40. The number of carbonyl (C=O) groups excluding carboxylic acids is 1. The minimum absolute atomic E-state index is 0.118. The predicted molar refractivity (Wildman–Crippen MR) is 64.0 cm³/mol. The van der Waals surface area contributed by atoms with Crippen molar-refractivity contribution in [2.24, 2.45) is 7.05 Å². The van der Waals surface area contributed by atoms with Gasteiger partial charge in [-0.3, -0.25) is 14.4 Å². The van der Waals surface area contributed by atoms with Crippen molar-refractivity contribution >= 4 is 5.78 Å². The fraction of sp³-hybridized carbons (Fsp3) is 0.667. The summed E-state index contributed by atoms with van der Waals surface area (Å²) in [5, 5.41) is 4.05. The molecule has 2 heterocycles. The summed E-state index contributed by atoms with van der Waals surface area (Å²) in [4.78, 5) is 14.6. The van der Waals surface area contributed by atoms with Gasteiger partial charge in [0, 0.05) is 26.3 Å². The van der Waals surface area contributed by atoms with Crippen molar-refractivity contribution in [2.45, 2.75) is 19.4 Å². The second kappa shape index (κ2) is 4.58. The van der Waals surface area contributed by atoms with Crippen LogP contribution in [0.3, 0.4) is 0 Å².